The lowest BCUT2D eigenvalue weighted by Gasteiger charge is -2.21. The average Bonchev–Trinajstić information content (AvgIpc) is 2.57. The van der Waals surface area contributed by atoms with Gasteiger partial charge in [0.1, 0.15) is 5.82 Å². The monoisotopic (exact) mass is 329 g/mol. The fourth-order valence-electron chi connectivity index (χ4n) is 2.17. The number of rotatable bonds is 5. The highest BCUT2D eigenvalue weighted by Crippen LogP contribution is 2.18. The van der Waals surface area contributed by atoms with Crippen LogP contribution in [0.25, 0.3) is 0 Å². The largest absolute Gasteiger partial charge is 0.349 e. The maximum absolute atomic E-state index is 13.6. The van der Waals surface area contributed by atoms with Crippen LogP contribution in [-0.2, 0) is 4.79 Å². The van der Waals surface area contributed by atoms with Crippen LogP contribution < -0.4 is 10.6 Å². The lowest BCUT2D eigenvalue weighted by Crippen LogP contribution is -2.36. The Morgan fingerprint density at radius 3 is 2.29 bits per heavy atom. The SMILES string of the molecule is CN(C)C(=O)C[C@@H](NC(=O)Nc1ccccc1F)c1ccccc1. The molecule has 2 rings (SSSR count). The molecule has 126 valence electrons. The van der Waals surface area contributed by atoms with Gasteiger partial charge >= 0.3 is 6.03 Å². The molecule has 0 spiro atoms. The van der Waals surface area contributed by atoms with Crippen molar-refractivity contribution >= 4 is 17.6 Å². The van der Waals surface area contributed by atoms with Gasteiger partial charge in [-0.15, -0.1) is 0 Å². The summed E-state index contributed by atoms with van der Waals surface area (Å²) in [5, 5.41) is 5.19. The van der Waals surface area contributed by atoms with E-state index >= 15 is 0 Å². The number of hydrogen-bond acceptors (Lipinski definition) is 2. The molecule has 0 saturated heterocycles. The van der Waals surface area contributed by atoms with Crippen molar-refractivity contribution in [1.29, 1.82) is 0 Å². The minimum atomic E-state index is -0.569. The Labute approximate surface area is 140 Å². The quantitative estimate of drug-likeness (QED) is 0.885. The summed E-state index contributed by atoms with van der Waals surface area (Å²) in [6.07, 6.45) is 0.113. The molecule has 0 bridgehead atoms. The van der Waals surface area contributed by atoms with Gasteiger partial charge in [-0.2, -0.15) is 0 Å². The Kier molecular flexibility index (Phi) is 5.89. The number of amides is 3. The smallest absolute Gasteiger partial charge is 0.319 e. The van der Waals surface area contributed by atoms with E-state index in [2.05, 4.69) is 10.6 Å². The molecule has 0 radical (unpaired) electrons. The molecule has 0 aliphatic carbocycles. The van der Waals surface area contributed by atoms with Gasteiger partial charge in [-0.25, -0.2) is 9.18 Å². The number of carbonyl (C=O) groups is 2. The summed E-state index contributed by atoms with van der Waals surface area (Å²) in [7, 11) is 3.31. The number of hydrogen-bond donors (Lipinski definition) is 2. The number of para-hydroxylation sites is 1. The average molecular weight is 329 g/mol. The normalized spacial score (nSPS) is 11.5. The van der Waals surface area contributed by atoms with E-state index in [-0.39, 0.29) is 18.0 Å². The van der Waals surface area contributed by atoms with Crippen molar-refractivity contribution in [2.24, 2.45) is 0 Å². The summed E-state index contributed by atoms with van der Waals surface area (Å²) < 4.78 is 13.6. The number of urea groups is 1. The van der Waals surface area contributed by atoms with Gasteiger partial charge in [-0.1, -0.05) is 42.5 Å². The van der Waals surface area contributed by atoms with Crippen molar-refractivity contribution in [3.63, 3.8) is 0 Å². The molecule has 24 heavy (non-hydrogen) atoms. The molecule has 1 atom stereocenters. The number of nitrogens with zero attached hydrogens (tertiary/aromatic N) is 1. The first kappa shape index (κ1) is 17.5. The van der Waals surface area contributed by atoms with Gasteiger partial charge in [0.15, 0.2) is 0 Å². The Morgan fingerprint density at radius 1 is 1.04 bits per heavy atom. The maximum atomic E-state index is 13.6. The summed E-state index contributed by atoms with van der Waals surface area (Å²) in [6, 6.07) is 14.0. The molecule has 2 aromatic rings. The number of anilines is 1. The summed E-state index contributed by atoms with van der Waals surface area (Å²) in [6.45, 7) is 0. The first-order valence-corrected chi connectivity index (χ1v) is 7.54. The Bertz CT molecular complexity index is 704. The second-order valence-electron chi connectivity index (χ2n) is 5.53. The van der Waals surface area contributed by atoms with Crippen molar-refractivity contribution in [3.05, 3.63) is 66.0 Å². The first-order valence-electron chi connectivity index (χ1n) is 7.54. The molecule has 0 fully saturated rings. The lowest BCUT2D eigenvalue weighted by molar-refractivity contribution is -0.129. The fraction of sp³-hybridized carbons (Fsp3) is 0.222. The van der Waals surface area contributed by atoms with Crippen LogP contribution >= 0.6 is 0 Å². The highest BCUT2D eigenvalue weighted by Gasteiger charge is 2.19. The molecule has 0 heterocycles. The summed E-state index contributed by atoms with van der Waals surface area (Å²) in [4.78, 5) is 25.7. The van der Waals surface area contributed by atoms with Gasteiger partial charge in [0.2, 0.25) is 5.91 Å². The molecule has 6 heteroatoms. The first-order chi connectivity index (χ1) is 11.5. The summed E-state index contributed by atoms with van der Waals surface area (Å²) in [5.41, 5.74) is 0.886. The van der Waals surface area contributed by atoms with Gasteiger partial charge < -0.3 is 15.5 Å². The second kappa shape index (κ2) is 8.10. The number of benzene rings is 2. The Balaban J connectivity index is 2.11. The predicted octanol–water partition coefficient (Wildman–Crippen LogP) is 3.17. The molecular formula is C18H20FN3O2. The van der Waals surface area contributed by atoms with E-state index in [4.69, 9.17) is 0 Å². The third-order valence-corrected chi connectivity index (χ3v) is 3.51. The summed E-state index contributed by atoms with van der Waals surface area (Å²) >= 11 is 0. The van der Waals surface area contributed by atoms with E-state index in [0.29, 0.717) is 0 Å². The van der Waals surface area contributed by atoms with Crippen molar-refractivity contribution in [3.8, 4) is 0 Å². The topological polar surface area (TPSA) is 61.4 Å². The zero-order valence-corrected chi connectivity index (χ0v) is 13.6. The Hall–Kier alpha value is -2.89. The zero-order chi connectivity index (χ0) is 17.5. The van der Waals surface area contributed by atoms with Crippen LogP contribution in [0.3, 0.4) is 0 Å². The predicted molar refractivity (Wildman–Crippen MR) is 91.0 cm³/mol. The molecule has 2 aromatic carbocycles. The molecule has 0 aromatic heterocycles. The van der Waals surface area contributed by atoms with Crippen molar-refractivity contribution in [2.75, 3.05) is 19.4 Å². The van der Waals surface area contributed by atoms with E-state index < -0.39 is 17.9 Å². The fourth-order valence-corrected chi connectivity index (χ4v) is 2.17. The van der Waals surface area contributed by atoms with Gasteiger partial charge in [-0.05, 0) is 17.7 Å². The van der Waals surface area contributed by atoms with Crippen LogP contribution in [0.2, 0.25) is 0 Å². The van der Waals surface area contributed by atoms with E-state index in [1.807, 2.05) is 30.3 Å². The van der Waals surface area contributed by atoms with Crippen LogP contribution in [-0.4, -0.2) is 30.9 Å². The molecule has 0 aliphatic rings. The molecule has 0 aliphatic heterocycles. The van der Waals surface area contributed by atoms with E-state index in [9.17, 15) is 14.0 Å². The summed E-state index contributed by atoms with van der Waals surface area (Å²) in [5.74, 6) is -0.636. The number of carbonyl (C=O) groups excluding carboxylic acids is 2. The minimum Gasteiger partial charge on any atom is -0.349 e. The lowest BCUT2D eigenvalue weighted by atomic mass is 10.0. The Morgan fingerprint density at radius 2 is 1.67 bits per heavy atom. The minimum absolute atomic E-state index is 0.0840. The molecular weight excluding hydrogens is 309 g/mol. The molecule has 0 unspecified atom stereocenters. The molecule has 3 amide bonds. The van der Waals surface area contributed by atoms with Crippen LogP contribution in [0.4, 0.5) is 14.9 Å². The molecule has 0 saturated carbocycles. The maximum Gasteiger partial charge on any atom is 0.319 e. The third-order valence-electron chi connectivity index (χ3n) is 3.51. The van der Waals surface area contributed by atoms with E-state index in [1.165, 1.54) is 17.0 Å². The molecule has 2 N–H and O–H groups in total. The van der Waals surface area contributed by atoms with Crippen LogP contribution in [0.5, 0.6) is 0 Å². The van der Waals surface area contributed by atoms with Crippen LogP contribution in [0.1, 0.15) is 18.0 Å². The highest BCUT2D eigenvalue weighted by molar-refractivity contribution is 5.90. The van der Waals surface area contributed by atoms with E-state index in [0.717, 1.165) is 5.56 Å². The van der Waals surface area contributed by atoms with Crippen molar-refractivity contribution < 1.29 is 14.0 Å². The van der Waals surface area contributed by atoms with Crippen molar-refractivity contribution in [2.45, 2.75) is 12.5 Å². The third kappa shape index (κ3) is 4.81. The van der Waals surface area contributed by atoms with Gasteiger partial charge in [0.25, 0.3) is 0 Å². The molecule has 5 nitrogen and oxygen atoms in total. The zero-order valence-electron chi connectivity index (χ0n) is 13.6. The van der Waals surface area contributed by atoms with Gasteiger partial charge in [0.05, 0.1) is 18.2 Å². The highest BCUT2D eigenvalue weighted by atomic mass is 19.1. The number of halogens is 1. The van der Waals surface area contributed by atoms with Crippen LogP contribution in [0.15, 0.2) is 54.6 Å². The second-order valence-corrected chi connectivity index (χ2v) is 5.53. The van der Waals surface area contributed by atoms with E-state index in [1.54, 1.807) is 26.2 Å². The van der Waals surface area contributed by atoms with Gasteiger partial charge in [-0.3, -0.25) is 4.79 Å². The standard InChI is InChI=1S/C18H20FN3O2/c1-22(2)17(23)12-16(13-8-4-3-5-9-13)21-18(24)20-15-11-7-6-10-14(15)19/h3-11,16H,12H2,1-2H3,(H2,20,21,24)/t16-/m1/s1. The van der Waals surface area contributed by atoms with Crippen molar-refractivity contribution in [1.82, 2.24) is 10.2 Å². The van der Waals surface area contributed by atoms with Crippen LogP contribution in [0, 0.1) is 5.82 Å². The van der Waals surface area contributed by atoms with Gasteiger partial charge in [0, 0.05) is 14.1 Å². The number of nitrogens with one attached hydrogen (secondary N) is 2.